The summed E-state index contributed by atoms with van der Waals surface area (Å²) < 4.78 is 2.37. The number of benzene rings is 10. The highest BCUT2D eigenvalue weighted by atomic mass is 15.0. The average molecular weight is 738 g/mol. The van der Waals surface area contributed by atoms with Gasteiger partial charge in [-0.05, 0) is 102 Å². The number of aromatic nitrogens is 1. The summed E-state index contributed by atoms with van der Waals surface area (Å²) in [6, 6.07) is 84.5. The molecule has 0 bridgehead atoms. The predicted molar refractivity (Wildman–Crippen MR) is 246 cm³/mol. The first-order chi connectivity index (χ1) is 28.8. The maximum absolute atomic E-state index is 2.37. The van der Waals surface area contributed by atoms with Gasteiger partial charge in [0.15, 0.2) is 0 Å². The van der Waals surface area contributed by atoms with Crippen LogP contribution in [-0.2, 0) is 0 Å². The molecule has 0 atom stereocenters. The summed E-state index contributed by atoms with van der Waals surface area (Å²) in [6.07, 6.45) is 0. The van der Waals surface area contributed by atoms with Crippen LogP contribution >= 0.6 is 0 Å². The molecule has 10 aromatic carbocycles. The van der Waals surface area contributed by atoms with E-state index in [4.69, 9.17) is 0 Å². The summed E-state index contributed by atoms with van der Waals surface area (Å²) in [5, 5.41) is 7.59. The summed E-state index contributed by atoms with van der Waals surface area (Å²) in [5.41, 5.74) is 14.8. The van der Waals surface area contributed by atoms with E-state index in [9.17, 15) is 0 Å². The largest absolute Gasteiger partial charge is 0.309 e. The zero-order valence-electron chi connectivity index (χ0n) is 32.0. The lowest BCUT2D eigenvalue weighted by molar-refractivity contribution is 0.978. The summed E-state index contributed by atoms with van der Waals surface area (Å²) >= 11 is 0. The van der Waals surface area contributed by atoms with Crippen LogP contribution < -0.4 is 0 Å². The summed E-state index contributed by atoms with van der Waals surface area (Å²) in [6.45, 7) is 0. The van der Waals surface area contributed by atoms with E-state index in [0.29, 0.717) is 0 Å². The van der Waals surface area contributed by atoms with E-state index in [1.54, 1.807) is 0 Å². The van der Waals surface area contributed by atoms with Crippen LogP contribution in [-0.4, -0.2) is 4.57 Å². The zero-order valence-corrected chi connectivity index (χ0v) is 32.0. The minimum Gasteiger partial charge on any atom is -0.309 e. The van der Waals surface area contributed by atoms with Crippen molar-refractivity contribution in [2.24, 2.45) is 0 Å². The number of fused-ring (bicyclic) bond motifs is 5. The zero-order chi connectivity index (χ0) is 38.4. The van der Waals surface area contributed by atoms with Gasteiger partial charge in [0.2, 0.25) is 0 Å². The van der Waals surface area contributed by atoms with Crippen molar-refractivity contribution >= 4 is 43.4 Å². The fourth-order valence-electron chi connectivity index (χ4n) is 9.12. The van der Waals surface area contributed by atoms with Crippen molar-refractivity contribution < 1.29 is 0 Å². The van der Waals surface area contributed by atoms with Gasteiger partial charge in [-0.15, -0.1) is 0 Å². The Hall–Kier alpha value is -7.48. The molecule has 0 aliphatic rings. The highest BCUT2D eigenvalue weighted by Gasteiger charge is 2.19. The molecule has 0 fully saturated rings. The lowest BCUT2D eigenvalue weighted by Crippen LogP contribution is -2.03. The van der Waals surface area contributed by atoms with Crippen LogP contribution in [0.2, 0.25) is 0 Å². The van der Waals surface area contributed by atoms with Crippen molar-refractivity contribution in [3.05, 3.63) is 247 Å². The second-order valence-corrected chi connectivity index (χ2v) is 15.3. The van der Waals surface area contributed by atoms with Crippen LogP contribution in [0.3, 0.4) is 0 Å². The third kappa shape index (κ3) is 5.88. The molecule has 1 aromatic heterocycles. The Balaban J connectivity index is 0.990. The molecular formula is C57H39N. The van der Waals surface area contributed by atoms with Crippen molar-refractivity contribution in [3.8, 4) is 39.1 Å². The van der Waals surface area contributed by atoms with Gasteiger partial charge in [0, 0.05) is 22.4 Å². The average Bonchev–Trinajstić information content (AvgIpc) is 3.63. The summed E-state index contributed by atoms with van der Waals surface area (Å²) in [4.78, 5) is 0. The quantitative estimate of drug-likeness (QED) is 0.144. The predicted octanol–water partition coefficient (Wildman–Crippen LogP) is 15.3. The van der Waals surface area contributed by atoms with E-state index in [2.05, 4.69) is 235 Å². The lowest BCUT2D eigenvalue weighted by atomic mass is 9.83. The number of rotatable bonds is 7. The van der Waals surface area contributed by atoms with Crippen LogP contribution in [0.4, 0.5) is 0 Å². The molecule has 1 nitrogen and oxygen atoms in total. The highest BCUT2D eigenvalue weighted by Crippen LogP contribution is 2.39. The number of nitrogens with zero attached hydrogens (tertiary/aromatic N) is 1. The Morgan fingerprint density at radius 1 is 0.276 bits per heavy atom. The second kappa shape index (κ2) is 14.2. The second-order valence-electron chi connectivity index (χ2n) is 15.3. The molecule has 1 heterocycles. The van der Waals surface area contributed by atoms with Gasteiger partial charge in [0.05, 0.1) is 11.0 Å². The molecule has 0 saturated carbocycles. The highest BCUT2D eigenvalue weighted by molar-refractivity contribution is 6.10. The van der Waals surface area contributed by atoms with E-state index < -0.39 is 0 Å². The van der Waals surface area contributed by atoms with E-state index >= 15 is 0 Å². The van der Waals surface area contributed by atoms with Crippen LogP contribution in [0.1, 0.15) is 22.6 Å². The minimum atomic E-state index is 0.0588. The van der Waals surface area contributed by atoms with E-state index in [1.165, 1.54) is 99.1 Å². The maximum atomic E-state index is 2.37. The SMILES string of the molecule is c1ccc(-n2c3ccccc3c3cc(-c4ccc(C(c5ccc(-c6cccc7ccccc67)cc5)c5ccc(-c6cccc7ccccc67)cc5)cc4)ccc32)cc1. The Kier molecular flexibility index (Phi) is 8.30. The first kappa shape index (κ1) is 33.8. The van der Waals surface area contributed by atoms with Gasteiger partial charge in [0.1, 0.15) is 0 Å². The Bertz CT molecular complexity index is 3110. The van der Waals surface area contributed by atoms with Crippen molar-refractivity contribution in [1.29, 1.82) is 0 Å². The van der Waals surface area contributed by atoms with Crippen molar-refractivity contribution in [2.75, 3.05) is 0 Å². The number of hydrogen-bond acceptors (Lipinski definition) is 0. The van der Waals surface area contributed by atoms with Crippen molar-refractivity contribution in [1.82, 2.24) is 4.57 Å². The van der Waals surface area contributed by atoms with Crippen LogP contribution in [0.5, 0.6) is 0 Å². The van der Waals surface area contributed by atoms with Crippen LogP contribution in [0.15, 0.2) is 231 Å². The third-order valence-corrected chi connectivity index (χ3v) is 12.0. The van der Waals surface area contributed by atoms with Gasteiger partial charge in [0.25, 0.3) is 0 Å². The first-order valence-electron chi connectivity index (χ1n) is 20.1. The van der Waals surface area contributed by atoms with Gasteiger partial charge in [-0.3, -0.25) is 0 Å². The van der Waals surface area contributed by atoms with Crippen molar-refractivity contribution in [3.63, 3.8) is 0 Å². The van der Waals surface area contributed by atoms with Gasteiger partial charge < -0.3 is 4.57 Å². The van der Waals surface area contributed by atoms with Crippen LogP contribution in [0.25, 0.3) is 82.4 Å². The molecule has 0 spiro atoms. The molecule has 0 saturated heterocycles. The van der Waals surface area contributed by atoms with Crippen LogP contribution in [0, 0.1) is 0 Å². The van der Waals surface area contributed by atoms with Gasteiger partial charge in [-0.25, -0.2) is 0 Å². The summed E-state index contributed by atoms with van der Waals surface area (Å²) in [5.74, 6) is 0.0588. The molecule has 0 radical (unpaired) electrons. The lowest BCUT2D eigenvalue weighted by Gasteiger charge is -2.21. The molecule has 272 valence electrons. The Morgan fingerprint density at radius 3 is 1.28 bits per heavy atom. The molecule has 11 rings (SSSR count). The molecule has 0 unspecified atom stereocenters. The molecule has 58 heavy (non-hydrogen) atoms. The van der Waals surface area contributed by atoms with Gasteiger partial charge >= 0.3 is 0 Å². The first-order valence-corrected chi connectivity index (χ1v) is 20.1. The number of para-hydroxylation sites is 2. The fraction of sp³-hybridized carbons (Fsp3) is 0.0175. The smallest absolute Gasteiger partial charge is 0.0541 e. The Morgan fingerprint density at radius 2 is 0.707 bits per heavy atom. The maximum Gasteiger partial charge on any atom is 0.0541 e. The molecule has 0 amide bonds. The van der Waals surface area contributed by atoms with Gasteiger partial charge in [-0.2, -0.15) is 0 Å². The third-order valence-electron chi connectivity index (χ3n) is 12.0. The standard InChI is InChI=1S/C57H39N/c1-2-16-48(17-3-1)58-55-23-9-8-20-53(55)54-38-47(36-37-56(54)58)39-24-30-44(31-25-39)57(45-32-26-42(27-33-45)51-21-10-14-40-12-4-6-18-49(40)51)46-34-28-43(29-35-46)52-22-11-15-41-13-5-7-19-50(41)52/h1-38,57H. The van der Waals surface area contributed by atoms with Crippen molar-refractivity contribution in [2.45, 2.75) is 5.92 Å². The molecule has 0 N–H and O–H groups in total. The summed E-state index contributed by atoms with van der Waals surface area (Å²) in [7, 11) is 0. The molecule has 11 aromatic rings. The van der Waals surface area contributed by atoms with E-state index in [1.807, 2.05) is 0 Å². The Labute approximate surface area is 338 Å². The monoisotopic (exact) mass is 737 g/mol. The molecule has 0 aliphatic carbocycles. The molecule has 0 aliphatic heterocycles. The fourth-order valence-corrected chi connectivity index (χ4v) is 9.12. The topological polar surface area (TPSA) is 4.93 Å². The minimum absolute atomic E-state index is 0.0588. The normalized spacial score (nSPS) is 11.6. The molecular weight excluding hydrogens is 699 g/mol. The van der Waals surface area contributed by atoms with Gasteiger partial charge in [-0.1, -0.05) is 200 Å². The molecule has 1 heteroatoms. The van der Waals surface area contributed by atoms with E-state index in [0.717, 1.165) is 0 Å². The van der Waals surface area contributed by atoms with E-state index in [-0.39, 0.29) is 5.92 Å². The number of hydrogen-bond donors (Lipinski definition) is 0.